The van der Waals surface area contributed by atoms with Gasteiger partial charge in [-0.2, -0.15) is 0 Å². The van der Waals surface area contributed by atoms with Crippen molar-refractivity contribution in [1.29, 1.82) is 0 Å². The number of fused-ring (bicyclic) bond motifs is 1. The molecule has 0 radical (unpaired) electrons. The fraction of sp³-hybridized carbons (Fsp3) is 0.308. The lowest BCUT2D eigenvalue weighted by Crippen LogP contribution is -2.32. The SMILES string of the molecule is CCN1CCOc2ccc(-c3csc(N)n3)cc21. The Morgan fingerprint density at radius 3 is 3.11 bits per heavy atom. The molecule has 18 heavy (non-hydrogen) atoms. The zero-order valence-corrected chi connectivity index (χ0v) is 11.0. The van der Waals surface area contributed by atoms with Crippen molar-refractivity contribution in [2.75, 3.05) is 30.3 Å². The topological polar surface area (TPSA) is 51.4 Å². The molecule has 2 aromatic rings. The molecule has 1 aromatic carbocycles. The van der Waals surface area contributed by atoms with E-state index in [9.17, 15) is 0 Å². The Kier molecular flexibility index (Phi) is 2.83. The summed E-state index contributed by atoms with van der Waals surface area (Å²) in [6.07, 6.45) is 0. The predicted molar refractivity (Wildman–Crippen MR) is 75.3 cm³/mol. The Morgan fingerprint density at radius 1 is 1.50 bits per heavy atom. The first-order valence-electron chi connectivity index (χ1n) is 6.01. The zero-order valence-electron chi connectivity index (χ0n) is 10.2. The van der Waals surface area contributed by atoms with Gasteiger partial charge in [0.25, 0.3) is 0 Å². The summed E-state index contributed by atoms with van der Waals surface area (Å²) in [5.41, 5.74) is 8.85. The fourth-order valence-corrected chi connectivity index (χ4v) is 2.75. The molecule has 2 N–H and O–H groups in total. The molecular formula is C13H15N3OS. The molecule has 0 saturated carbocycles. The molecule has 0 saturated heterocycles. The van der Waals surface area contributed by atoms with Gasteiger partial charge in [0.05, 0.1) is 17.9 Å². The molecule has 94 valence electrons. The summed E-state index contributed by atoms with van der Waals surface area (Å²) in [4.78, 5) is 6.64. The number of thiazole rings is 1. The molecule has 0 aliphatic carbocycles. The van der Waals surface area contributed by atoms with Gasteiger partial charge in [-0.15, -0.1) is 11.3 Å². The van der Waals surface area contributed by atoms with E-state index in [-0.39, 0.29) is 0 Å². The molecule has 0 atom stereocenters. The summed E-state index contributed by atoms with van der Waals surface area (Å²) in [6.45, 7) is 4.83. The zero-order chi connectivity index (χ0) is 12.5. The number of nitrogen functional groups attached to an aromatic ring is 1. The van der Waals surface area contributed by atoms with Gasteiger partial charge in [0.1, 0.15) is 12.4 Å². The van der Waals surface area contributed by atoms with Gasteiger partial charge in [0.2, 0.25) is 0 Å². The number of ether oxygens (including phenoxy) is 1. The molecule has 0 fully saturated rings. The first-order chi connectivity index (χ1) is 8.78. The van der Waals surface area contributed by atoms with Crippen molar-refractivity contribution in [2.24, 2.45) is 0 Å². The maximum absolute atomic E-state index is 5.68. The normalized spacial score (nSPS) is 14.2. The van der Waals surface area contributed by atoms with Crippen molar-refractivity contribution in [3.05, 3.63) is 23.6 Å². The van der Waals surface area contributed by atoms with Crippen molar-refractivity contribution in [3.63, 3.8) is 0 Å². The molecular weight excluding hydrogens is 246 g/mol. The van der Waals surface area contributed by atoms with Crippen LogP contribution in [0, 0.1) is 0 Å². The monoisotopic (exact) mass is 261 g/mol. The Bertz CT molecular complexity index is 567. The summed E-state index contributed by atoms with van der Waals surface area (Å²) in [6, 6.07) is 6.18. The molecule has 1 aromatic heterocycles. The molecule has 3 rings (SSSR count). The van der Waals surface area contributed by atoms with Crippen molar-refractivity contribution < 1.29 is 4.74 Å². The number of benzene rings is 1. The minimum absolute atomic E-state index is 0.603. The minimum atomic E-state index is 0.603. The van der Waals surface area contributed by atoms with Crippen LogP contribution in [0.3, 0.4) is 0 Å². The van der Waals surface area contributed by atoms with Crippen LogP contribution >= 0.6 is 11.3 Å². The van der Waals surface area contributed by atoms with Crippen molar-refractivity contribution >= 4 is 22.2 Å². The van der Waals surface area contributed by atoms with Crippen LogP contribution in [0.1, 0.15) is 6.92 Å². The highest BCUT2D eigenvalue weighted by Gasteiger charge is 2.17. The van der Waals surface area contributed by atoms with Gasteiger partial charge in [0, 0.05) is 17.5 Å². The lowest BCUT2D eigenvalue weighted by Gasteiger charge is -2.30. The molecule has 0 amide bonds. The second kappa shape index (κ2) is 4.49. The lowest BCUT2D eigenvalue weighted by molar-refractivity contribution is 0.308. The number of hydrogen-bond donors (Lipinski definition) is 1. The Balaban J connectivity index is 2.03. The number of aromatic nitrogens is 1. The van der Waals surface area contributed by atoms with Crippen LogP contribution in [0.5, 0.6) is 5.75 Å². The largest absolute Gasteiger partial charge is 0.490 e. The van der Waals surface area contributed by atoms with Crippen LogP contribution in [-0.2, 0) is 0 Å². The number of rotatable bonds is 2. The van der Waals surface area contributed by atoms with Gasteiger partial charge in [-0.25, -0.2) is 4.98 Å². The van der Waals surface area contributed by atoms with Gasteiger partial charge in [-0.1, -0.05) is 0 Å². The molecule has 5 heteroatoms. The van der Waals surface area contributed by atoms with Gasteiger partial charge in [-0.3, -0.25) is 0 Å². The molecule has 0 bridgehead atoms. The first kappa shape index (κ1) is 11.3. The molecule has 4 nitrogen and oxygen atoms in total. The average Bonchev–Trinajstić information content (AvgIpc) is 2.84. The van der Waals surface area contributed by atoms with E-state index < -0.39 is 0 Å². The summed E-state index contributed by atoms with van der Waals surface area (Å²) < 4.78 is 5.67. The number of anilines is 2. The highest BCUT2D eigenvalue weighted by atomic mass is 32.1. The summed E-state index contributed by atoms with van der Waals surface area (Å²) in [5, 5.41) is 2.59. The third-order valence-corrected chi connectivity index (χ3v) is 3.79. The van der Waals surface area contributed by atoms with Crippen LogP contribution in [0.25, 0.3) is 11.3 Å². The average molecular weight is 261 g/mol. The van der Waals surface area contributed by atoms with Crippen molar-refractivity contribution in [2.45, 2.75) is 6.92 Å². The first-order valence-corrected chi connectivity index (χ1v) is 6.89. The van der Waals surface area contributed by atoms with E-state index in [1.165, 1.54) is 11.3 Å². The van der Waals surface area contributed by atoms with E-state index in [4.69, 9.17) is 10.5 Å². The van der Waals surface area contributed by atoms with Crippen molar-refractivity contribution in [1.82, 2.24) is 4.98 Å². The van der Waals surface area contributed by atoms with Gasteiger partial charge in [0.15, 0.2) is 5.13 Å². The van der Waals surface area contributed by atoms with E-state index in [1.807, 2.05) is 17.5 Å². The lowest BCUT2D eigenvalue weighted by atomic mass is 10.1. The number of nitrogens with two attached hydrogens (primary N) is 1. The Hall–Kier alpha value is -1.75. The highest BCUT2D eigenvalue weighted by molar-refractivity contribution is 7.13. The fourth-order valence-electron chi connectivity index (χ4n) is 2.18. The van der Waals surface area contributed by atoms with E-state index in [0.717, 1.165) is 42.4 Å². The second-order valence-electron chi connectivity index (χ2n) is 4.18. The number of likely N-dealkylation sites (N-methyl/N-ethyl adjacent to an activating group) is 1. The quantitative estimate of drug-likeness (QED) is 0.903. The Labute approximate surface area is 110 Å². The van der Waals surface area contributed by atoms with Crippen LogP contribution in [0.15, 0.2) is 23.6 Å². The maximum atomic E-state index is 5.68. The van der Waals surface area contributed by atoms with E-state index in [1.54, 1.807) is 0 Å². The summed E-state index contributed by atoms with van der Waals surface area (Å²) in [5.74, 6) is 0.954. The van der Waals surface area contributed by atoms with Crippen LogP contribution < -0.4 is 15.4 Å². The summed E-state index contributed by atoms with van der Waals surface area (Å²) >= 11 is 1.46. The molecule has 1 aliphatic heterocycles. The summed E-state index contributed by atoms with van der Waals surface area (Å²) in [7, 11) is 0. The standard InChI is InChI=1S/C13H15N3OS/c1-2-16-5-6-17-12-4-3-9(7-11(12)16)10-8-18-13(14)15-10/h3-4,7-8H,2,5-6H2,1H3,(H2,14,15). The van der Waals surface area contributed by atoms with Crippen LogP contribution in [0.4, 0.5) is 10.8 Å². The minimum Gasteiger partial charge on any atom is -0.490 e. The molecule has 0 spiro atoms. The second-order valence-corrected chi connectivity index (χ2v) is 5.07. The van der Waals surface area contributed by atoms with Gasteiger partial charge < -0.3 is 15.4 Å². The highest BCUT2D eigenvalue weighted by Crippen LogP contribution is 2.35. The molecule has 1 aliphatic rings. The maximum Gasteiger partial charge on any atom is 0.180 e. The molecule has 2 heterocycles. The predicted octanol–water partition coefficient (Wildman–Crippen LogP) is 2.61. The van der Waals surface area contributed by atoms with Gasteiger partial charge >= 0.3 is 0 Å². The Morgan fingerprint density at radius 2 is 2.39 bits per heavy atom. The van der Waals surface area contributed by atoms with Crippen LogP contribution in [-0.4, -0.2) is 24.7 Å². The van der Waals surface area contributed by atoms with E-state index in [0.29, 0.717) is 5.13 Å². The van der Waals surface area contributed by atoms with Crippen LogP contribution in [0.2, 0.25) is 0 Å². The number of nitrogens with zero attached hydrogens (tertiary/aromatic N) is 2. The van der Waals surface area contributed by atoms with Gasteiger partial charge in [-0.05, 0) is 25.1 Å². The van der Waals surface area contributed by atoms with Crippen molar-refractivity contribution in [3.8, 4) is 17.0 Å². The van der Waals surface area contributed by atoms with E-state index in [2.05, 4.69) is 22.9 Å². The number of hydrogen-bond acceptors (Lipinski definition) is 5. The third-order valence-electron chi connectivity index (χ3n) is 3.12. The third kappa shape index (κ3) is 1.90. The molecule has 0 unspecified atom stereocenters. The smallest absolute Gasteiger partial charge is 0.180 e. The van der Waals surface area contributed by atoms with E-state index >= 15 is 0 Å².